The molecule has 178 valence electrons. The van der Waals surface area contributed by atoms with Crippen molar-refractivity contribution < 1.29 is 0 Å². The maximum atomic E-state index is 13.3. The van der Waals surface area contributed by atoms with Gasteiger partial charge in [0.25, 0.3) is 5.56 Å². The van der Waals surface area contributed by atoms with E-state index in [4.69, 9.17) is 4.98 Å². The smallest absolute Gasteiger partial charge is 0.300 e. The van der Waals surface area contributed by atoms with E-state index in [9.17, 15) is 4.79 Å². The highest BCUT2D eigenvalue weighted by molar-refractivity contribution is 5.39. The highest BCUT2D eigenvalue weighted by Crippen LogP contribution is 2.40. The molecular formula is C26H33N7O. The van der Waals surface area contributed by atoms with E-state index in [1.165, 1.54) is 17.5 Å². The van der Waals surface area contributed by atoms with E-state index < -0.39 is 0 Å². The van der Waals surface area contributed by atoms with Crippen LogP contribution in [0.5, 0.6) is 0 Å². The summed E-state index contributed by atoms with van der Waals surface area (Å²) in [5.41, 5.74) is 3.47. The average molecular weight is 460 g/mol. The fraction of sp³-hybridized carbons (Fsp3) is 0.462. The van der Waals surface area contributed by atoms with Gasteiger partial charge in [-0.3, -0.25) is 4.79 Å². The average Bonchev–Trinajstić information content (AvgIpc) is 3.64. The zero-order valence-corrected chi connectivity index (χ0v) is 20.0. The van der Waals surface area contributed by atoms with E-state index >= 15 is 0 Å². The molecule has 2 aliphatic rings. The molecule has 2 aromatic heterocycles. The number of hydrogen-bond acceptors (Lipinski definition) is 7. The Kier molecular flexibility index (Phi) is 6.69. The topological polar surface area (TPSA) is 79.2 Å². The summed E-state index contributed by atoms with van der Waals surface area (Å²) < 4.78 is 1.55. The number of aryl methyl sites for hydroxylation is 2. The predicted octanol–water partition coefficient (Wildman–Crippen LogP) is 2.16. The van der Waals surface area contributed by atoms with Crippen molar-refractivity contribution in [2.45, 2.75) is 38.1 Å². The van der Waals surface area contributed by atoms with Crippen molar-refractivity contribution in [1.29, 1.82) is 0 Å². The van der Waals surface area contributed by atoms with Crippen molar-refractivity contribution in [1.82, 2.24) is 29.7 Å². The highest BCUT2D eigenvalue weighted by atomic mass is 16.1. The number of rotatable bonds is 8. The summed E-state index contributed by atoms with van der Waals surface area (Å²) in [6.45, 7) is 6.48. The highest BCUT2D eigenvalue weighted by Gasteiger charge is 2.37. The van der Waals surface area contributed by atoms with E-state index in [1.807, 2.05) is 6.20 Å². The van der Waals surface area contributed by atoms with Gasteiger partial charge in [-0.2, -0.15) is 0 Å². The SMILES string of the molecule is Cc1ccc([C@@H]2C[C@H]2NCCCc2cn(-c3ncccn3)c(=O)c(N3CCN(C)CC3)n2)cc1. The van der Waals surface area contributed by atoms with Crippen LogP contribution in [0.2, 0.25) is 0 Å². The Bertz CT molecular complexity index is 1150. The molecule has 1 aliphatic carbocycles. The van der Waals surface area contributed by atoms with Crippen LogP contribution >= 0.6 is 0 Å². The Morgan fingerprint density at radius 1 is 1.06 bits per heavy atom. The maximum Gasteiger partial charge on any atom is 0.300 e. The Labute approximate surface area is 200 Å². The quantitative estimate of drug-likeness (QED) is 0.517. The lowest BCUT2D eigenvalue weighted by Gasteiger charge is -2.33. The molecule has 3 aromatic rings. The molecule has 0 amide bonds. The molecule has 0 spiro atoms. The zero-order chi connectivity index (χ0) is 23.5. The molecule has 5 rings (SSSR count). The molecule has 1 N–H and O–H groups in total. The molecule has 1 saturated heterocycles. The first-order valence-corrected chi connectivity index (χ1v) is 12.2. The van der Waals surface area contributed by atoms with Gasteiger partial charge in [-0.25, -0.2) is 19.5 Å². The van der Waals surface area contributed by atoms with Crippen LogP contribution in [-0.4, -0.2) is 70.2 Å². The Balaban J connectivity index is 1.25. The molecule has 1 saturated carbocycles. The summed E-state index contributed by atoms with van der Waals surface area (Å²) in [7, 11) is 2.10. The summed E-state index contributed by atoms with van der Waals surface area (Å²) >= 11 is 0. The number of aromatic nitrogens is 4. The van der Waals surface area contributed by atoms with E-state index in [0.29, 0.717) is 23.7 Å². The van der Waals surface area contributed by atoms with Gasteiger partial charge in [-0.1, -0.05) is 29.8 Å². The van der Waals surface area contributed by atoms with Crippen molar-refractivity contribution in [3.63, 3.8) is 0 Å². The lowest BCUT2D eigenvalue weighted by Crippen LogP contribution is -2.47. The van der Waals surface area contributed by atoms with Gasteiger partial charge in [0.2, 0.25) is 5.95 Å². The number of likely N-dealkylation sites (N-methyl/N-ethyl adjacent to an activating group) is 1. The molecule has 0 radical (unpaired) electrons. The minimum absolute atomic E-state index is 0.156. The number of nitrogens with zero attached hydrogens (tertiary/aromatic N) is 6. The van der Waals surface area contributed by atoms with E-state index in [0.717, 1.165) is 51.3 Å². The number of nitrogens with one attached hydrogen (secondary N) is 1. The molecule has 2 fully saturated rings. The third-order valence-corrected chi connectivity index (χ3v) is 6.82. The third-order valence-electron chi connectivity index (χ3n) is 6.82. The zero-order valence-electron chi connectivity index (χ0n) is 20.0. The van der Waals surface area contributed by atoms with Crippen molar-refractivity contribution >= 4 is 5.82 Å². The minimum atomic E-state index is -0.156. The fourth-order valence-corrected chi connectivity index (χ4v) is 4.60. The number of hydrogen-bond donors (Lipinski definition) is 1. The summed E-state index contributed by atoms with van der Waals surface area (Å²) in [5, 5.41) is 3.69. The van der Waals surface area contributed by atoms with Gasteiger partial charge in [0, 0.05) is 56.7 Å². The first-order valence-electron chi connectivity index (χ1n) is 12.2. The fourth-order valence-electron chi connectivity index (χ4n) is 4.60. The number of benzene rings is 1. The van der Waals surface area contributed by atoms with Gasteiger partial charge < -0.3 is 15.1 Å². The lowest BCUT2D eigenvalue weighted by molar-refractivity contribution is 0.311. The molecule has 34 heavy (non-hydrogen) atoms. The van der Waals surface area contributed by atoms with Crippen LogP contribution in [0.15, 0.2) is 53.7 Å². The summed E-state index contributed by atoms with van der Waals surface area (Å²) in [4.78, 5) is 31.1. The van der Waals surface area contributed by atoms with Gasteiger partial charge in [0.15, 0.2) is 5.82 Å². The van der Waals surface area contributed by atoms with Crippen molar-refractivity contribution in [3.8, 4) is 5.95 Å². The van der Waals surface area contributed by atoms with Crippen LogP contribution in [0.1, 0.15) is 35.6 Å². The Hall–Kier alpha value is -3.10. The predicted molar refractivity (Wildman–Crippen MR) is 134 cm³/mol. The van der Waals surface area contributed by atoms with E-state index in [1.54, 1.807) is 23.0 Å². The summed E-state index contributed by atoms with van der Waals surface area (Å²) in [6.07, 6.45) is 8.08. The lowest BCUT2D eigenvalue weighted by atomic mass is 10.1. The largest absolute Gasteiger partial charge is 0.349 e. The Morgan fingerprint density at radius 2 is 1.79 bits per heavy atom. The van der Waals surface area contributed by atoms with Gasteiger partial charge in [0.1, 0.15) is 0 Å². The summed E-state index contributed by atoms with van der Waals surface area (Å²) in [5.74, 6) is 1.52. The molecule has 0 unspecified atom stereocenters. The van der Waals surface area contributed by atoms with Crippen LogP contribution < -0.4 is 15.8 Å². The molecular weight excluding hydrogens is 426 g/mol. The van der Waals surface area contributed by atoms with Crippen LogP contribution in [0.4, 0.5) is 5.82 Å². The van der Waals surface area contributed by atoms with Gasteiger partial charge in [-0.05, 0) is 51.4 Å². The van der Waals surface area contributed by atoms with Crippen molar-refractivity contribution in [3.05, 3.63) is 76.1 Å². The molecule has 2 atom stereocenters. The van der Waals surface area contributed by atoms with Crippen LogP contribution in [-0.2, 0) is 6.42 Å². The second-order valence-corrected chi connectivity index (χ2v) is 9.49. The van der Waals surface area contributed by atoms with E-state index in [-0.39, 0.29) is 5.56 Å². The third kappa shape index (κ3) is 5.18. The Morgan fingerprint density at radius 3 is 2.53 bits per heavy atom. The van der Waals surface area contributed by atoms with Gasteiger partial charge in [-0.15, -0.1) is 0 Å². The number of anilines is 1. The molecule has 0 bridgehead atoms. The van der Waals surface area contributed by atoms with Crippen molar-refractivity contribution in [2.24, 2.45) is 0 Å². The van der Waals surface area contributed by atoms with Gasteiger partial charge >= 0.3 is 0 Å². The second kappa shape index (κ2) is 10.0. The van der Waals surface area contributed by atoms with Crippen LogP contribution in [0.25, 0.3) is 5.95 Å². The van der Waals surface area contributed by atoms with Crippen molar-refractivity contribution in [2.75, 3.05) is 44.7 Å². The first kappa shape index (κ1) is 22.7. The molecule has 8 heteroatoms. The normalized spacial score (nSPS) is 20.5. The minimum Gasteiger partial charge on any atom is -0.349 e. The molecule has 3 heterocycles. The summed E-state index contributed by atoms with van der Waals surface area (Å²) in [6, 6.07) is 11.2. The second-order valence-electron chi connectivity index (χ2n) is 9.49. The molecule has 1 aliphatic heterocycles. The van der Waals surface area contributed by atoms with Gasteiger partial charge in [0.05, 0.1) is 5.69 Å². The standard InChI is InChI=1S/C26H33N7O/c1-19-6-8-20(9-7-19)22-17-23(22)27-10-3-5-21-18-33(26-28-11-4-12-29-26)25(34)24(30-21)32-15-13-31(2)14-16-32/h4,6-9,11-12,18,22-23,27H,3,5,10,13-17H2,1-2H3/t22-,23+/m0/s1. The molecule has 8 nitrogen and oxygen atoms in total. The maximum absolute atomic E-state index is 13.3. The number of piperazine rings is 1. The molecule has 1 aromatic carbocycles. The first-order chi connectivity index (χ1) is 16.6. The van der Waals surface area contributed by atoms with E-state index in [2.05, 4.69) is 63.3 Å². The van der Waals surface area contributed by atoms with Crippen LogP contribution in [0, 0.1) is 6.92 Å². The van der Waals surface area contributed by atoms with Crippen LogP contribution in [0.3, 0.4) is 0 Å². The monoisotopic (exact) mass is 459 g/mol.